The zero-order chi connectivity index (χ0) is 6.04. The van der Waals surface area contributed by atoms with Crippen molar-refractivity contribution in [2.75, 3.05) is 0 Å². The maximum atomic E-state index is 11.3. The summed E-state index contributed by atoms with van der Waals surface area (Å²) in [7, 11) is 0. The standard InChI is InChI=1S/C7H13O.K/c1-2-7(8)5-3-4-6-7;/h2-6H2,1H3;/q-1;+1. The SMILES string of the molecule is CCC1([O-])CCCC1.[K+]. The van der Waals surface area contributed by atoms with Crippen LogP contribution in [0.5, 0.6) is 0 Å². The Morgan fingerprint density at radius 1 is 1.33 bits per heavy atom. The Morgan fingerprint density at radius 2 is 1.78 bits per heavy atom. The molecular formula is C7H13KO. The van der Waals surface area contributed by atoms with Gasteiger partial charge in [0.05, 0.1) is 0 Å². The molecule has 0 aromatic heterocycles. The molecule has 0 radical (unpaired) electrons. The summed E-state index contributed by atoms with van der Waals surface area (Å²) in [6.45, 7) is 2.00. The van der Waals surface area contributed by atoms with E-state index in [1.165, 1.54) is 0 Å². The maximum Gasteiger partial charge on any atom is 1.00 e. The molecule has 0 spiro atoms. The van der Waals surface area contributed by atoms with Crippen LogP contribution in [0.3, 0.4) is 0 Å². The van der Waals surface area contributed by atoms with Gasteiger partial charge in [0.25, 0.3) is 0 Å². The average molecular weight is 152 g/mol. The third kappa shape index (κ3) is 3.00. The van der Waals surface area contributed by atoms with Gasteiger partial charge in [-0.2, -0.15) is 0 Å². The summed E-state index contributed by atoms with van der Waals surface area (Å²) in [5, 5.41) is 11.3. The molecule has 0 heterocycles. The van der Waals surface area contributed by atoms with Crippen LogP contribution >= 0.6 is 0 Å². The minimum atomic E-state index is -0.514. The minimum absolute atomic E-state index is 0. The molecule has 0 bridgehead atoms. The van der Waals surface area contributed by atoms with Crippen LogP contribution in [-0.2, 0) is 0 Å². The van der Waals surface area contributed by atoms with Crippen molar-refractivity contribution in [3.8, 4) is 0 Å². The van der Waals surface area contributed by atoms with Gasteiger partial charge in [-0.05, 0) is 0 Å². The topological polar surface area (TPSA) is 23.1 Å². The normalized spacial score (nSPS) is 23.3. The smallest absolute Gasteiger partial charge is 0.849 e. The summed E-state index contributed by atoms with van der Waals surface area (Å²) < 4.78 is 0. The Hall–Kier alpha value is 1.60. The summed E-state index contributed by atoms with van der Waals surface area (Å²) >= 11 is 0. The van der Waals surface area contributed by atoms with E-state index < -0.39 is 5.60 Å². The molecule has 0 atom stereocenters. The fraction of sp³-hybridized carbons (Fsp3) is 1.00. The fourth-order valence-corrected chi connectivity index (χ4v) is 1.37. The Balaban J connectivity index is 0.000000640. The van der Waals surface area contributed by atoms with Gasteiger partial charge in [0.15, 0.2) is 0 Å². The maximum absolute atomic E-state index is 11.3. The van der Waals surface area contributed by atoms with Crippen LogP contribution in [0.25, 0.3) is 0 Å². The monoisotopic (exact) mass is 152 g/mol. The molecule has 0 aromatic carbocycles. The van der Waals surface area contributed by atoms with Crippen LogP contribution in [0.2, 0.25) is 0 Å². The van der Waals surface area contributed by atoms with Gasteiger partial charge in [-0.15, -0.1) is 5.60 Å². The molecule has 2 heteroatoms. The molecule has 48 valence electrons. The molecule has 0 aliphatic heterocycles. The van der Waals surface area contributed by atoms with Gasteiger partial charge >= 0.3 is 51.4 Å². The van der Waals surface area contributed by atoms with Gasteiger partial charge in [0.1, 0.15) is 0 Å². The van der Waals surface area contributed by atoms with E-state index in [0.29, 0.717) is 0 Å². The van der Waals surface area contributed by atoms with Crippen molar-refractivity contribution in [3.63, 3.8) is 0 Å². The van der Waals surface area contributed by atoms with E-state index in [1.807, 2.05) is 6.92 Å². The van der Waals surface area contributed by atoms with Gasteiger partial charge in [0.2, 0.25) is 0 Å². The summed E-state index contributed by atoms with van der Waals surface area (Å²) in [6.07, 6.45) is 4.99. The second-order valence-corrected chi connectivity index (χ2v) is 2.74. The van der Waals surface area contributed by atoms with Crippen LogP contribution < -0.4 is 56.5 Å². The molecule has 1 aliphatic rings. The third-order valence-electron chi connectivity index (χ3n) is 2.16. The molecule has 1 fully saturated rings. The van der Waals surface area contributed by atoms with Gasteiger partial charge in [-0.1, -0.05) is 39.0 Å². The molecule has 1 aliphatic carbocycles. The Kier molecular flexibility index (Phi) is 5.26. The van der Waals surface area contributed by atoms with Gasteiger partial charge in [0, 0.05) is 0 Å². The van der Waals surface area contributed by atoms with E-state index in [4.69, 9.17) is 0 Å². The summed E-state index contributed by atoms with van der Waals surface area (Å²) in [4.78, 5) is 0. The molecule has 0 amide bonds. The minimum Gasteiger partial charge on any atom is -0.849 e. The van der Waals surface area contributed by atoms with Crippen molar-refractivity contribution in [3.05, 3.63) is 0 Å². The number of hydrogen-bond donors (Lipinski definition) is 0. The zero-order valence-electron chi connectivity index (χ0n) is 6.44. The first-order valence-electron chi connectivity index (χ1n) is 3.47. The van der Waals surface area contributed by atoms with Crippen molar-refractivity contribution in [2.45, 2.75) is 44.6 Å². The van der Waals surface area contributed by atoms with E-state index in [9.17, 15) is 5.11 Å². The molecule has 1 saturated carbocycles. The predicted molar refractivity (Wildman–Crippen MR) is 31.5 cm³/mol. The zero-order valence-corrected chi connectivity index (χ0v) is 9.57. The first kappa shape index (κ1) is 10.6. The van der Waals surface area contributed by atoms with Gasteiger partial charge in [-0.3, -0.25) is 0 Å². The molecule has 9 heavy (non-hydrogen) atoms. The van der Waals surface area contributed by atoms with Crippen LogP contribution in [-0.4, -0.2) is 5.60 Å². The Bertz CT molecular complexity index is 77.0. The second-order valence-electron chi connectivity index (χ2n) is 2.74. The molecule has 0 N–H and O–H groups in total. The average Bonchev–Trinajstić information content (AvgIpc) is 2.17. The van der Waals surface area contributed by atoms with Crippen molar-refractivity contribution >= 4 is 0 Å². The first-order valence-corrected chi connectivity index (χ1v) is 3.47. The van der Waals surface area contributed by atoms with Gasteiger partial charge < -0.3 is 5.11 Å². The van der Waals surface area contributed by atoms with Crippen LogP contribution in [0, 0.1) is 0 Å². The quantitative estimate of drug-likeness (QED) is 0.402. The van der Waals surface area contributed by atoms with E-state index in [0.717, 1.165) is 32.1 Å². The Morgan fingerprint density at radius 3 is 2.00 bits per heavy atom. The molecule has 1 nitrogen and oxygen atoms in total. The first-order chi connectivity index (χ1) is 3.77. The van der Waals surface area contributed by atoms with E-state index >= 15 is 0 Å². The summed E-state index contributed by atoms with van der Waals surface area (Å²) in [5.41, 5.74) is -0.514. The van der Waals surface area contributed by atoms with Crippen molar-refractivity contribution in [2.24, 2.45) is 0 Å². The fourth-order valence-electron chi connectivity index (χ4n) is 1.37. The van der Waals surface area contributed by atoms with Crippen molar-refractivity contribution in [1.82, 2.24) is 0 Å². The molecule has 0 aromatic rings. The van der Waals surface area contributed by atoms with Crippen molar-refractivity contribution < 1.29 is 56.5 Å². The van der Waals surface area contributed by atoms with Gasteiger partial charge in [-0.25, -0.2) is 0 Å². The molecule has 1 rings (SSSR count). The largest absolute Gasteiger partial charge is 1.00 e. The Labute approximate surface area is 99.6 Å². The molecule has 0 unspecified atom stereocenters. The van der Waals surface area contributed by atoms with Crippen LogP contribution in [0.1, 0.15) is 39.0 Å². The second kappa shape index (κ2) is 4.47. The van der Waals surface area contributed by atoms with Crippen LogP contribution in [0.15, 0.2) is 0 Å². The predicted octanol–water partition coefficient (Wildman–Crippen LogP) is -1.93. The third-order valence-corrected chi connectivity index (χ3v) is 2.16. The van der Waals surface area contributed by atoms with E-state index in [1.54, 1.807) is 0 Å². The van der Waals surface area contributed by atoms with E-state index in [-0.39, 0.29) is 51.4 Å². The number of rotatable bonds is 1. The molecular weight excluding hydrogens is 139 g/mol. The summed E-state index contributed by atoms with van der Waals surface area (Å²) in [5.74, 6) is 0. The number of hydrogen-bond acceptors (Lipinski definition) is 1. The summed E-state index contributed by atoms with van der Waals surface area (Å²) in [6, 6.07) is 0. The van der Waals surface area contributed by atoms with E-state index in [2.05, 4.69) is 0 Å². The molecule has 0 saturated heterocycles. The van der Waals surface area contributed by atoms with Crippen molar-refractivity contribution in [1.29, 1.82) is 0 Å². The van der Waals surface area contributed by atoms with Crippen LogP contribution in [0.4, 0.5) is 0 Å².